The molecule has 4 aromatic rings. The number of hydroxylamine groups is 1. The van der Waals surface area contributed by atoms with Crippen molar-refractivity contribution in [1.82, 2.24) is 0 Å². The van der Waals surface area contributed by atoms with E-state index in [9.17, 15) is 18.8 Å². The van der Waals surface area contributed by atoms with Gasteiger partial charge in [0.1, 0.15) is 34.3 Å². The number of hydrogen-bond acceptors (Lipinski definition) is 8. The van der Waals surface area contributed by atoms with E-state index in [0.29, 0.717) is 45.7 Å². The van der Waals surface area contributed by atoms with Crippen LogP contribution in [0, 0.1) is 23.1 Å². The van der Waals surface area contributed by atoms with Gasteiger partial charge in [0.25, 0.3) is 5.91 Å². The maximum Gasteiger partial charge on any atom is 0.341 e. The van der Waals surface area contributed by atoms with Gasteiger partial charge < -0.3 is 9.15 Å². The Morgan fingerprint density at radius 2 is 1.73 bits per heavy atom. The largest absolute Gasteiger partial charge is 0.465 e. The van der Waals surface area contributed by atoms with E-state index < -0.39 is 35.8 Å². The first kappa shape index (κ1) is 29.4. The minimum atomic E-state index is -1.13. The number of esters is 1. The van der Waals surface area contributed by atoms with Crippen molar-refractivity contribution in [3.63, 3.8) is 0 Å². The number of hydrogen-bond donors (Lipinski definition) is 0. The van der Waals surface area contributed by atoms with Crippen molar-refractivity contribution in [3.05, 3.63) is 94.3 Å². The van der Waals surface area contributed by atoms with Gasteiger partial charge in [0.15, 0.2) is 6.10 Å². The number of fused-ring (bicyclic) bond motifs is 2. The summed E-state index contributed by atoms with van der Waals surface area (Å²) in [5.41, 5.74) is 2.54. The summed E-state index contributed by atoms with van der Waals surface area (Å²) >= 11 is 1.33. The first-order valence-corrected chi connectivity index (χ1v) is 15.9. The summed E-state index contributed by atoms with van der Waals surface area (Å²) < 4.78 is 25.0. The zero-order valence-corrected chi connectivity index (χ0v) is 26.2. The summed E-state index contributed by atoms with van der Waals surface area (Å²) in [6.45, 7) is 6.62. The Hall–Kier alpha value is -4.28. The highest BCUT2D eigenvalue weighted by molar-refractivity contribution is 7.17. The first-order valence-electron chi connectivity index (χ1n) is 15.0. The summed E-state index contributed by atoms with van der Waals surface area (Å²) in [6, 6.07) is 17.9. The van der Waals surface area contributed by atoms with E-state index in [1.165, 1.54) is 30.6 Å². The molecule has 0 saturated carbocycles. The number of halogens is 1. The number of thiophene rings is 1. The Bertz CT molecular complexity index is 1790. The van der Waals surface area contributed by atoms with Gasteiger partial charge in [0.05, 0.1) is 18.4 Å². The van der Waals surface area contributed by atoms with Crippen LogP contribution in [0.15, 0.2) is 71.1 Å². The molecule has 0 N–H and O–H groups in total. The topological polar surface area (TPSA) is 89.3 Å². The zero-order chi connectivity index (χ0) is 31.6. The Morgan fingerprint density at radius 3 is 2.42 bits per heavy atom. The summed E-state index contributed by atoms with van der Waals surface area (Å²) in [6.07, 6.45) is 1.20. The lowest BCUT2D eigenvalue weighted by molar-refractivity contribution is -0.126. The summed E-state index contributed by atoms with van der Waals surface area (Å²) in [5.74, 6) is -1.57. The molecule has 4 atom stereocenters. The van der Waals surface area contributed by atoms with Crippen molar-refractivity contribution >= 4 is 39.8 Å². The van der Waals surface area contributed by atoms with E-state index in [4.69, 9.17) is 14.0 Å². The van der Waals surface area contributed by atoms with Crippen molar-refractivity contribution < 1.29 is 32.8 Å². The molecular weight excluding hydrogens is 595 g/mol. The van der Waals surface area contributed by atoms with Crippen LogP contribution in [0.25, 0.3) is 11.3 Å². The standard InChI is InChI=1S/C35H33FN2O6S/c1-35(2,3)20-12-15-23-26(18-20)45-33(27(23)34(41)42-4)37-31(39)28-29(25-17-16-24(43-25)19-10-13-21(36)14-11-19)38(44-30(28)32(37)40)22-8-6-5-7-9-22/h5-11,13-14,16-17,20,28-30H,12,15,18H2,1-4H3/t20-,28+,29+,30+/m0/s1. The molecule has 2 saturated heterocycles. The van der Waals surface area contributed by atoms with Gasteiger partial charge in [-0.15, -0.1) is 11.3 Å². The third kappa shape index (κ3) is 4.87. The summed E-state index contributed by atoms with van der Waals surface area (Å²) in [7, 11) is 1.31. The van der Waals surface area contributed by atoms with Gasteiger partial charge in [-0.1, -0.05) is 39.0 Å². The molecular formula is C35H33FN2O6S. The highest BCUT2D eigenvalue weighted by Crippen LogP contribution is 2.52. The lowest BCUT2D eigenvalue weighted by atomic mass is 9.72. The predicted molar refractivity (Wildman–Crippen MR) is 167 cm³/mol. The number of methoxy groups -OCH3 is 1. The van der Waals surface area contributed by atoms with E-state index in [0.717, 1.165) is 28.2 Å². The number of furan rings is 1. The molecule has 0 spiro atoms. The van der Waals surface area contributed by atoms with Crippen LogP contribution in [-0.4, -0.2) is 31.0 Å². The number of benzene rings is 2. The van der Waals surface area contributed by atoms with E-state index in [1.54, 1.807) is 29.3 Å². The smallest absolute Gasteiger partial charge is 0.341 e. The molecule has 2 aromatic carbocycles. The molecule has 0 bridgehead atoms. The third-order valence-electron chi connectivity index (χ3n) is 9.24. The number of carbonyl (C=O) groups excluding carboxylic acids is 3. The fraction of sp³-hybridized carbons (Fsp3) is 0.343. The SMILES string of the molecule is COC(=O)c1c(N2C(=O)[C@@H]3[C@@H](c4ccc(-c5ccc(F)cc5)o4)N(c4ccccc4)O[C@H]3C2=O)sc2c1CC[C@H](C(C)(C)C)C2. The number of ether oxygens (including phenoxy) is 1. The van der Waals surface area contributed by atoms with E-state index in [1.807, 2.05) is 30.3 Å². The Kier molecular flexibility index (Phi) is 7.17. The van der Waals surface area contributed by atoms with Crippen LogP contribution < -0.4 is 9.96 Å². The van der Waals surface area contributed by atoms with Crippen molar-refractivity contribution in [2.75, 3.05) is 17.1 Å². The van der Waals surface area contributed by atoms with Gasteiger partial charge in [0, 0.05) is 10.4 Å². The second-order valence-electron chi connectivity index (χ2n) is 12.9. The first-order chi connectivity index (χ1) is 21.6. The number of anilines is 2. The van der Waals surface area contributed by atoms with Crippen LogP contribution in [0.2, 0.25) is 0 Å². The molecule has 2 amide bonds. The third-order valence-corrected chi connectivity index (χ3v) is 10.5. The van der Waals surface area contributed by atoms with Crippen molar-refractivity contribution in [1.29, 1.82) is 0 Å². The minimum Gasteiger partial charge on any atom is -0.465 e. The normalized spacial score (nSPS) is 23.0. The van der Waals surface area contributed by atoms with Crippen molar-refractivity contribution in [3.8, 4) is 11.3 Å². The van der Waals surface area contributed by atoms with Crippen LogP contribution >= 0.6 is 11.3 Å². The van der Waals surface area contributed by atoms with Crippen molar-refractivity contribution in [2.45, 2.75) is 52.2 Å². The number of amides is 2. The molecule has 2 fully saturated rings. The Balaban J connectivity index is 1.29. The second kappa shape index (κ2) is 11.0. The van der Waals surface area contributed by atoms with Crippen molar-refractivity contribution in [2.24, 2.45) is 17.3 Å². The molecule has 8 nitrogen and oxygen atoms in total. The Morgan fingerprint density at radius 1 is 1.00 bits per heavy atom. The van der Waals surface area contributed by atoms with E-state index >= 15 is 0 Å². The molecule has 2 aliphatic heterocycles. The van der Waals surface area contributed by atoms with Crippen LogP contribution in [0.1, 0.15) is 59.8 Å². The van der Waals surface area contributed by atoms with Crippen LogP contribution in [0.4, 0.5) is 15.1 Å². The molecule has 10 heteroatoms. The number of carbonyl (C=O) groups is 3. The second-order valence-corrected chi connectivity index (χ2v) is 13.9. The molecule has 232 valence electrons. The summed E-state index contributed by atoms with van der Waals surface area (Å²) in [4.78, 5) is 50.2. The monoisotopic (exact) mass is 628 g/mol. The molecule has 1 aliphatic carbocycles. The van der Waals surface area contributed by atoms with E-state index in [2.05, 4.69) is 20.8 Å². The van der Waals surface area contributed by atoms with Gasteiger partial charge >= 0.3 is 5.97 Å². The number of rotatable bonds is 5. The van der Waals surface area contributed by atoms with Gasteiger partial charge in [-0.2, -0.15) is 0 Å². The quantitative estimate of drug-likeness (QED) is 0.172. The van der Waals surface area contributed by atoms with Gasteiger partial charge in [-0.25, -0.2) is 19.1 Å². The fourth-order valence-electron chi connectivity index (χ4n) is 6.76. The molecule has 2 aromatic heterocycles. The molecule has 0 unspecified atom stereocenters. The lowest BCUT2D eigenvalue weighted by Gasteiger charge is -2.33. The van der Waals surface area contributed by atoms with E-state index in [-0.39, 0.29) is 11.2 Å². The highest BCUT2D eigenvalue weighted by Gasteiger charge is 2.62. The maximum absolute atomic E-state index is 14.4. The molecule has 7 rings (SSSR count). The van der Waals surface area contributed by atoms with Gasteiger partial charge in [-0.3, -0.25) is 14.4 Å². The van der Waals surface area contributed by atoms with Gasteiger partial charge in [-0.05, 0) is 84.7 Å². The number of para-hydroxylation sites is 1. The average molecular weight is 629 g/mol. The number of nitrogens with zero attached hydrogens (tertiary/aromatic N) is 2. The molecule has 4 heterocycles. The maximum atomic E-state index is 14.4. The van der Waals surface area contributed by atoms with Crippen LogP contribution in [-0.2, 0) is 32.0 Å². The Labute approximate surface area is 264 Å². The summed E-state index contributed by atoms with van der Waals surface area (Å²) in [5, 5.41) is 1.86. The molecule has 3 aliphatic rings. The minimum absolute atomic E-state index is 0.0708. The lowest BCUT2D eigenvalue weighted by Crippen LogP contribution is -2.37. The zero-order valence-electron chi connectivity index (χ0n) is 25.4. The predicted octanol–water partition coefficient (Wildman–Crippen LogP) is 7.14. The average Bonchev–Trinajstić information content (AvgIpc) is 3.79. The van der Waals surface area contributed by atoms with Crippen LogP contribution in [0.3, 0.4) is 0 Å². The highest BCUT2D eigenvalue weighted by atomic mass is 32.1. The van der Waals surface area contributed by atoms with Crippen LogP contribution in [0.5, 0.6) is 0 Å². The van der Waals surface area contributed by atoms with Gasteiger partial charge in [0.2, 0.25) is 5.91 Å². The number of imide groups is 1. The molecule has 45 heavy (non-hydrogen) atoms. The molecule has 0 radical (unpaired) electrons. The fourth-order valence-corrected chi connectivity index (χ4v) is 8.19.